The smallest absolute Gasteiger partial charge is 0.298 e. The maximum atomic E-state index is 12.7. The third-order valence-corrected chi connectivity index (χ3v) is 1.74. The maximum Gasteiger partial charge on any atom is 0.458 e. The van der Waals surface area contributed by atoms with Crippen molar-refractivity contribution in [3.05, 3.63) is 35.4 Å². The van der Waals surface area contributed by atoms with Gasteiger partial charge in [0, 0.05) is 11.1 Å². The molecule has 0 fully saturated rings. The zero-order valence-electron chi connectivity index (χ0n) is 7.18. The van der Waals surface area contributed by atoms with Crippen LogP contribution in [-0.4, -0.2) is 12.5 Å². The van der Waals surface area contributed by atoms with E-state index >= 15 is 0 Å². The summed E-state index contributed by atoms with van der Waals surface area (Å²) < 4.78 is 61.2. The standard InChI is InChI=1S/C9H5F5O/c10-8(11,9(12,13)14)7-3-1-2-6(4-7)5-15/h1-5H. The highest BCUT2D eigenvalue weighted by Crippen LogP contribution is 2.43. The number of hydrogen-bond acceptors (Lipinski definition) is 1. The Morgan fingerprint density at radius 2 is 1.67 bits per heavy atom. The van der Waals surface area contributed by atoms with Gasteiger partial charge in [-0.1, -0.05) is 18.2 Å². The fourth-order valence-corrected chi connectivity index (χ4v) is 0.971. The summed E-state index contributed by atoms with van der Waals surface area (Å²) in [5.41, 5.74) is -1.46. The van der Waals surface area contributed by atoms with Gasteiger partial charge in [-0.3, -0.25) is 4.79 Å². The SMILES string of the molecule is O=Cc1cccc(C(F)(F)C(F)(F)F)c1. The highest BCUT2D eigenvalue weighted by atomic mass is 19.4. The second-order valence-electron chi connectivity index (χ2n) is 2.82. The van der Waals surface area contributed by atoms with Crippen LogP contribution in [0.3, 0.4) is 0 Å². The van der Waals surface area contributed by atoms with E-state index in [0.717, 1.165) is 12.1 Å². The van der Waals surface area contributed by atoms with E-state index in [2.05, 4.69) is 0 Å². The quantitative estimate of drug-likeness (QED) is 0.557. The fraction of sp³-hybridized carbons (Fsp3) is 0.222. The van der Waals surface area contributed by atoms with E-state index in [1.165, 1.54) is 0 Å². The zero-order chi connectivity index (χ0) is 11.7. The first kappa shape index (κ1) is 11.6. The largest absolute Gasteiger partial charge is 0.458 e. The number of rotatable bonds is 2. The Hall–Kier alpha value is -1.46. The Morgan fingerprint density at radius 3 is 2.13 bits per heavy atom. The minimum Gasteiger partial charge on any atom is -0.298 e. The normalized spacial score (nSPS) is 12.6. The Balaban J connectivity index is 3.21. The lowest BCUT2D eigenvalue weighted by molar-refractivity contribution is -0.289. The summed E-state index contributed by atoms with van der Waals surface area (Å²) >= 11 is 0. The van der Waals surface area contributed by atoms with Crippen molar-refractivity contribution < 1.29 is 26.7 Å². The first-order chi connectivity index (χ1) is 6.79. The molecule has 1 aromatic carbocycles. The number of benzene rings is 1. The molecule has 0 saturated carbocycles. The molecule has 0 aliphatic carbocycles. The van der Waals surface area contributed by atoms with Crippen LogP contribution in [0, 0.1) is 0 Å². The average Bonchev–Trinajstić information content (AvgIpc) is 2.16. The van der Waals surface area contributed by atoms with Gasteiger partial charge < -0.3 is 0 Å². The Morgan fingerprint density at radius 1 is 1.07 bits per heavy atom. The van der Waals surface area contributed by atoms with E-state index in [-0.39, 0.29) is 11.8 Å². The number of aldehydes is 1. The Kier molecular flexibility index (Phi) is 2.79. The molecular formula is C9H5F5O. The minimum absolute atomic E-state index is 0.204. The molecule has 0 saturated heterocycles. The Labute approximate surface area is 81.5 Å². The van der Waals surface area contributed by atoms with Crippen molar-refractivity contribution >= 4 is 6.29 Å². The van der Waals surface area contributed by atoms with Crippen LogP contribution in [0.5, 0.6) is 0 Å². The molecular weight excluding hydrogens is 219 g/mol. The summed E-state index contributed by atoms with van der Waals surface area (Å²) in [5.74, 6) is -4.94. The first-order valence-electron chi connectivity index (χ1n) is 3.79. The van der Waals surface area contributed by atoms with Gasteiger partial charge in [0.15, 0.2) is 0 Å². The maximum absolute atomic E-state index is 12.7. The van der Waals surface area contributed by atoms with Gasteiger partial charge in [-0.15, -0.1) is 0 Å². The number of halogens is 5. The second-order valence-corrected chi connectivity index (χ2v) is 2.82. The zero-order valence-corrected chi connectivity index (χ0v) is 7.18. The third-order valence-electron chi connectivity index (χ3n) is 1.74. The van der Waals surface area contributed by atoms with E-state index in [9.17, 15) is 26.7 Å². The molecule has 0 N–H and O–H groups in total. The summed E-state index contributed by atoms with van der Waals surface area (Å²) in [6.07, 6.45) is -5.45. The molecule has 15 heavy (non-hydrogen) atoms. The summed E-state index contributed by atoms with van der Waals surface area (Å²) in [6, 6.07) is 3.25. The number of hydrogen-bond donors (Lipinski definition) is 0. The van der Waals surface area contributed by atoms with Gasteiger partial charge in [0.25, 0.3) is 0 Å². The van der Waals surface area contributed by atoms with Crippen molar-refractivity contribution in [2.75, 3.05) is 0 Å². The molecule has 0 bridgehead atoms. The van der Waals surface area contributed by atoms with Crippen LogP contribution in [-0.2, 0) is 5.92 Å². The molecule has 0 amide bonds. The van der Waals surface area contributed by atoms with Gasteiger partial charge in [0.2, 0.25) is 0 Å². The van der Waals surface area contributed by atoms with Crippen molar-refractivity contribution in [1.29, 1.82) is 0 Å². The molecule has 0 unspecified atom stereocenters. The molecule has 0 aliphatic heterocycles. The van der Waals surface area contributed by atoms with Crippen molar-refractivity contribution in [2.45, 2.75) is 12.1 Å². The van der Waals surface area contributed by atoms with Gasteiger partial charge in [-0.2, -0.15) is 22.0 Å². The van der Waals surface area contributed by atoms with E-state index in [1.54, 1.807) is 0 Å². The molecule has 0 spiro atoms. The first-order valence-corrected chi connectivity index (χ1v) is 3.79. The van der Waals surface area contributed by atoms with Crippen molar-refractivity contribution in [1.82, 2.24) is 0 Å². The van der Waals surface area contributed by atoms with Crippen molar-refractivity contribution in [3.63, 3.8) is 0 Å². The highest BCUT2D eigenvalue weighted by Gasteiger charge is 2.58. The van der Waals surface area contributed by atoms with E-state index in [1.807, 2.05) is 0 Å². The second kappa shape index (κ2) is 3.60. The topological polar surface area (TPSA) is 17.1 Å². The van der Waals surface area contributed by atoms with Crippen LogP contribution in [0.15, 0.2) is 24.3 Å². The summed E-state index contributed by atoms with van der Waals surface area (Å²) in [7, 11) is 0. The summed E-state index contributed by atoms with van der Waals surface area (Å²) in [4.78, 5) is 10.2. The van der Waals surface area contributed by atoms with Crippen LogP contribution in [0.1, 0.15) is 15.9 Å². The molecule has 1 aromatic rings. The molecule has 0 radical (unpaired) electrons. The van der Waals surface area contributed by atoms with Crippen LogP contribution >= 0.6 is 0 Å². The van der Waals surface area contributed by atoms with E-state index in [0.29, 0.717) is 12.1 Å². The van der Waals surface area contributed by atoms with Crippen LogP contribution in [0.25, 0.3) is 0 Å². The fourth-order valence-electron chi connectivity index (χ4n) is 0.971. The molecule has 82 valence electrons. The molecule has 1 nitrogen and oxygen atoms in total. The van der Waals surface area contributed by atoms with E-state index in [4.69, 9.17) is 0 Å². The lowest BCUT2D eigenvalue weighted by atomic mass is 10.1. The number of alkyl halides is 5. The van der Waals surface area contributed by atoms with Gasteiger partial charge in [-0.25, -0.2) is 0 Å². The molecule has 1 rings (SSSR count). The molecule has 0 atom stereocenters. The molecule has 0 heterocycles. The minimum atomic E-state index is -5.66. The van der Waals surface area contributed by atoms with Crippen molar-refractivity contribution in [3.8, 4) is 0 Å². The lowest BCUT2D eigenvalue weighted by Crippen LogP contribution is -2.33. The average molecular weight is 224 g/mol. The summed E-state index contributed by atoms with van der Waals surface area (Å²) in [6.45, 7) is 0. The van der Waals surface area contributed by atoms with Crippen LogP contribution in [0.4, 0.5) is 22.0 Å². The van der Waals surface area contributed by atoms with E-state index < -0.39 is 17.7 Å². The van der Waals surface area contributed by atoms with Gasteiger partial charge in [0.1, 0.15) is 6.29 Å². The van der Waals surface area contributed by atoms with Gasteiger partial charge in [-0.05, 0) is 6.07 Å². The Bertz CT molecular complexity index is 369. The number of carbonyl (C=O) groups is 1. The molecule has 0 aromatic heterocycles. The van der Waals surface area contributed by atoms with Crippen LogP contribution < -0.4 is 0 Å². The predicted molar refractivity (Wildman–Crippen MR) is 41.8 cm³/mol. The lowest BCUT2D eigenvalue weighted by Gasteiger charge is -2.19. The monoisotopic (exact) mass is 224 g/mol. The van der Waals surface area contributed by atoms with Gasteiger partial charge >= 0.3 is 12.1 Å². The third kappa shape index (κ3) is 2.14. The molecule has 6 heteroatoms. The van der Waals surface area contributed by atoms with Crippen molar-refractivity contribution in [2.24, 2.45) is 0 Å². The molecule has 0 aliphatic rings. The summed E-state index contributed by atoms with van der Waals surface area (Å²) in [5, 5.41) is 0. The van der Waals surface area contributed by atoms with Gasteiger partial charge in [0.05, 0.1) is 0 Å². The predicted octanol–water partition coefficient (Wildman–Crippen LogP) is 3.15. The highest BCUT2D eigenvalue weighted by molar-refractivity contribution is 5.75. The van der Waals surface area contributed by atoms with Crippen LogP contribution in [0.2, 0.25) is 0 Å². The number of carbonyl (C=O) groups excluding carboxylic acids is 1.